The smallest absolute Gasteiger partial charge is 0.227 e. The van der Waals surface area contributed by atoms with Crippen LogP contribution in [0.5, 0.6) is 0 Å². The number of hydrogen-bond donors (Lipinski definition) is 0. The van der Waals surface area contributed by atoms with Crippen molar-refractivity contribution in [2.24, 2.45) is 56.2 Å². The summed E-state index contributed by atoms with van der Waals surface area (Å²) < 4.78 is 122. The van der Waals surface area contributed by atoms with Gasteiger partial charge in [0.05, 0.1) is 17.1 Å². The average Bonchev–Trinajstić information content (AvgIpc) is 1.49. The molecule has 13 fully saturated rings. The van der Waals surface area contributed by atoms with Crippen LogP contribution in [0.15, 0.2) is 165 Å². The molecule has 0 N–H and O–H groups in total. The van der Waals surface area contributed by atoms with E-state index in [4.69, 9.17) is 27.0 Å². The number of benzene rings is 6. The van der Waals surface area contributed by atoms with Gasteiger partial charge in [0.15, 0.2) is 16.7 Å². The van der Waals surface area contributed by atoms with E-state index in [0.29, 0.717) is 46.5 Å². The number of nitrogens with zero attached hydrogens (tertiary/aromatic N) is 9. The highest BCUT2D eigenvalue weighted by Crippen LogP contribution is 2.71. The maximum atomic E-state index is 9.52. The minimum Gasteiger partial charge on any atom is -0.436 e. The molecule has 756 valence electrons. The lowest BCUT2D eigenvalue weighted by Gasteiger charge is -2.62. The minimum atomic E-state index is -3.00. The van der Waals surface area contributed by atoms with Gasteiger partial charge in [-0.05, 0) is 433 Å². The van der Waals surface area contributed by atoms with Gasteiger partial charge in [-0.3, -0.25) is 0 Å². The molecule has 12 aromatic rings. The van der Waals surface area contributed by atoms with Crippen LogP contribution in [-0.4, -0.2) is 84.4 Å². The zero-order chi connectivity index (χ0) is 111. The molecule has 6 atom stereocenters. The first kappa shape index (κ1) is 86.3. The van der Waals surface area contributed by atoms with Gasteiger partial charge in [-0.2, -0.15) is 0 Å². The Balaban J connectivity index is 0.000000115. The van der Waals surface area contributed by atoms with E-state index in [1.165, 1.54) is 202 Å². The predicted octanol–water partition coefficient (Wildman–Crippen LogP) is 35.1. The molecule has 4 spiro atoms. The van der Waals surface area contributed by atoms with Crippen molar-refractivity contribution in [3.63, 3.8) is 0 Å². The van der Waals surface area contributed by atoms with Crippen molar-refractivity contribution in [1.29, 1.82) is 0 Å². The van der Waals surface area contributed by atoms with Crippen LogP contribution in [0, 0.1) is 112 Å². The van der Waals surface area contributed by atoms with Gasteiger partial charge in [0.1, 0.15) is 0 Å². The summed E-state index contributed by atoms with van der Waals surface area (Å²) in [5.74, 6) is 2.89. The van der Waals surface area contributed by atoms with Crippen molar-refractivity contribution < 1.29 is 29.7 Å². The number of aryl methyl sites for hydroxylation is 8. The Kier molecular flexibility index (Phi) is 22.4. The van der Waals surface area contributed by atoms with Crippen molar-refractivity contribution in [2.45, 2.75) is 444 Å². The Morgan fingerprint density at radius 1 is 0.298 bits per heavy atom. The standard InChI is InChI=1S/C25H32N2O.C24H30N2O.C23H33N.C22H28N2O.C19H29N.C16H25N/c1-16-9-11-19-20-12-10-17(2)26-23(20)28-22(19)21(16)27-18(3)25(15-24(27,4)5)13-7-6-8-14-25;1-16-10-11-18-19-9-8-14-25-22(19)27-21(18)20(16)26-17(2)24(15-23(26,3)4)12-6-5-7-13-24;1-15-7-5-6-8-21(15)24-16(2)23(14-22(24,3)4)19-10-17-9-18(12-19)13-20(23)11-17;1-13-8-10-16-17-11-9-14(2)23-20(17)25-19(16)18(13)24-15(3)21(4,5)12-22(24,6)7;1-15-10-6-7-11-17(15)20-16(2)19(14-18(20,3)4)12-8-5-9-13-19;1-12-9-7-8-10-14(12)17-13(2)15(3,4)11-16(17,5)6/h9-12,18H,6-8,13-15H2,1-5H3;8-11,14,17H,5-7,12-13,15H2,1-4H3;5-8,16-20H,9-14H2,1-4H3;8-11,15H,12H2,1-7H3;6-7,10-11,16H,5,8-9,12-14H2,1-4H3;7-10,13H,11H2,1-6H3/i;;14D2;;14D2;3D3,4D3,11D2. The van der Waals surface area contributed by atoms with E-state index in [9.17, 15) is 2.74 Å². The summed E-state index contributed by atoms with van der Waals surface area (Å²) in [7, 11) is 0. The third kappa shape index (κ3) is 17.4. The fourth-order valence-corrected chi connectivity index (χ4v) is 32.5. The summed E-state index contributed by atoms with van der Waals surface area (Å²) >= 11 is 0. The number of pyridine rings is 3. The van der Waals surface area contributed by atoms with Crippen molar-refractivity contribution >= 4 is 100 Å². The van der Waals surface area contributed by atoms with E-state index in [1.807, 2.05) is 45.2 Å². The van der Waals surface area contributed by atoms with Crippen LogP contribution < -0.4 is 29.4 Å². The summed E-state index contributed by atoms with van der Waals surface area (Å²) in [5.41, 5.74) is 17.6. The summed E-state index contributed by atoms with van der Waals surface area (Å²) in [6, 6.07) is 51.1. The van der Waals surface area contributed by atoms with Crippen LogP contribution in [0.1, 0.15) is 380 Å². The predicted molar refractivity (Wildman–Crippen MR) is 599 cm³/mol. The minimum absolute atomic E-state index is 0.0876. The molecule has 7 aliphatic carbocycles. The number of furan rings is 3. The van der Waals surface area contributed by atoms with Crippen molar-refractivity contribution in [3.8, 4) is 0 Å². The lowest BCUT2D eigenvalue weighted by Crippen LogP contribution is -2.57. The van der Waals surface area contributed by atoms with Crippen molar-refractivity contribution in [3.05, 3.63) is 197 Å². The molecule has 0 amide bonds. The lowest BCUT2D eigenvalue weighted by atomic mass is 9.43. The highest BCUT2D eigenvalue weighted by molar-refractivity contribution is 6.11. The molecule has 6 aromatic heterocycles. The number of para-hydroxylation sites is 3. The monoisotopic (exact) mass is 1910 g/mol. The SMILES string of the molecule is Cc1ccc2c(n1)oc1c(N3C(C)C(C)(C)CC3(C)C)c(C)ccc12.Cc1ccc2c(n1)oc1c(N3C(C)C4(CCCCC4)CC3(C)C)c(C)ccc12.Cc1ccc2c(oc3ncccc32)c1N1C(C)C2(CCCCC2)CC1(C)C.[2H]C([2H])([2H])C1(C([2H])([2H])[2H])C(C)N(c2ccccc2C)C(C)(C)C1([2H])[2H].[2H]C1([2H])C2(C3CC4CC(C3)CC2C4)C(C)N(c2ccccc2C)C1(C)C.[2H]C1([2H])C2(CCCCC2)C(C)N(c2ccccc2C)C1(C)C. The molecule has 4 bridgehead atoms. The lowest BCUT2D eigenvalue weighted by molar-refractivity contribution is -0.113. The maximum absolute atomic E-state index is 9.52. The molecule has 12 nitrogen and oxygen atoms in total. The quantitative estimate of drug-likeness (QED) is 0.159. The first-order valence-corrected chi connectivity index (χ1v) is 54.7. The average molecular weight is 1910 g/mol. The van der Waals surface area contributed by atoms with Crippen LogP contribution >= 0.6 is 0 Å². The van der Waals surface area contributed by atoms with Gasteiger partial charge in [0.25, 0.3) is 0 Å². The summed E-state index contributed by atoms with van der Waals surface area (Å²) in [6.07, 6.45) is 26.6. The van der Waals surface area contributed by atoms with E-state index in [2.05, 4.69) is 307 Å². The van der Waals surface area contributed by atoms with Gasteiger partial charge in [-0.25, -0.2) is 15.0 Å². The van der Waals surface area contributed by atoms with E-state index < -0.39 is 60.9 Å². The van der Waals surface area contributed by atoms with Gasteiger partial charge in [0.2, 0.25) is 17.1 Å². The van der Waals surface area contributed by atoms with Crippen molar-refractivity contribution in [2.75, 3.05) is 29.4 Å². The third-order valence-corrected chi connectivity index (χ3v) is 38.2. The van der Waals surface area contributed by atoms with Gasteiger partial charge < -0.3 is 42.7 Å². The molecule has 6 saturated heterocycles. The first-order chi connectivity index (χ1) is 71.4. The number of rotatable bonds is 6. The summed E-state index contributed by atoms with van der Waals surface area (Å²) in [5, 5.41) is 6.88. The first-order valence-electron chi connectivity index (χ1n) is 60.7. The molecule has 0 radical (unpaired) electrons. The molecule has 6 unspecified atom stereocenters. The topological polar surface area (TPSA) is 97.5 Å². The molecule has 141 heavy (non-hydrogen) atoms. The molecule has 13 aliphatic rings. The zero-order valence-corrected chi connectivity index (χ0v) is 91.2. The molecule has 7 saturated carbocycles. The number of hydrogen-bond acceptors (Lipinski definition) is 12. The van der Waals surface area contributed by atoms with E-state index in [1.54, 1.807) is 30.9 Å². The number of anilines is 6. The highest BCUT2D eigenvalue weighted by atomic mass is 16.3. The normalized spacial score (nSPS) is 30.7. The largest absolute Gasteiger partial charge is 0.436 e. The summed E-state index contributed by atoms with van der Waals surface area (Å²) in [6.45, 7) is 55.0. The van der Waals surface area contributed by atoms with Crippen LogP contribution in [0.2, 0.25) is 0 Å². The Hall–Kier alpha value is -9.03. The number of fused-ring (bicyclic) bond motifs is 9. The van der Waals surface area contributed by atoms with Gasteiger partial charge in [0, 0.05) is 153 Å². The van der Waals surface area contributed by atoms with Crippen LogP contribution in [0.3, 0.4) is 0 Å². The van der Waals surface area contributed by atoms with Crippen LogP contribution in [0.4, 0.5) is 34.1 Å². The van der Waals surface area contributed by atoms with Crippen LogP contribution in [-0.2, 0) is 0 Å². The third-order valence-electron chi connectivity index (χ3n) is 38.2. The maximum Gasteiger partial charge on any atom is 0.227 e. The summed E-state index contributed by atoms with van der Waals surface area (Å²) in [4.78, 5) is 28.2. The van der Waals surface area contributed by atoms with Gasteiger partial charge in [-0.15, -0.1) is 0 Å². The molecule has 12 heterocycles. The van der Waals surface area contributed by atoms with Gasteiger partial charge in [-0.1, -0.05) is 176 Å². The molecular weight excluding hydrogens is 1720 g/mol. The van der Waals surface area contributed by atoms with E-state index >= 15 is 0 Å². The fraction of sp³-hybridized carbons (Fsp3) is 0.605. The molecule has 6 aromatic carbocycles. The Morgan fingerprint density at radius 3 is 1.02 bits per heavy atom. The van der Waals surface area contributed by atoms with Crippen molar-refractivity contribution in [1.82, 2.24) is 15.0 Å². The second kappa shape index (κ2) is 36.6. The molecule has 25 rings (SSSR count). The second-order valence-electron chi connectivity index (χ2n) is 50.8. The highest BCUT2D eigenvalue weighted by Gasteiger charge is 2.67. The van der Waals surface area contributed by atoms with E-state index in [0.717, 1.165) is 103 Å². The Morgan fingerprint density at radius 2 is 0.631 bits per heavy atom. The van der Waals surface area contributed by atoms with Crippen LogP contribution in [0.25, 0.3) is 66.2 Å². The second-order valence-corrected chi connectivity index (χ2v) is 50.8. The van der Waals surface area contributed by atoms with E-state index in [-0.39, 0.29) is 44.9 Å². The fourth-order valence-electron chi connectivity index (χ4n) is 32.5. The molecular formula is C129H177N9O3. The Labute approximate surface area is 866 Å². The molecule has 12 heteroatoms. The molecule has 6 aliphatic heterocycles. The number of aromatic nitrogens is 3. The van der Waals surface area contributed by atoms with Gasteiger partial charge >= 0.3 is 0 Å². The zero-order valence-electron chi connectivity index (χ0n) is 103. The Bertz CT molecular complexity index is 7130.